The van der Waals surface area contributed by atoms with Gasteiger partial charge < -0.3 is 66.5 Å². The van der Waals surface area contributed by atoms with E-state index in [1.54, 1.807) is 18.7 Å². The molecule has 0 radical (unpaired) electrons. The van der Waals surface area contributed by atoms with Gasteiger partial charge in [0, 0.05) is 45.7 Å². The first-order valence-corrected chi connectivity index (χ1v) is 22.5. The fourth-order valence-corrected chi connectivity index (χ4v) is 8.46. The molecule has 3 heterocycles. The molecule has 0 saturated carbocycles. The summed E-state index contributed by atoms with van der Waals surface area (Å²) in [6.45, 7) is 3.34. The molecule has 12 N–H and O–H groups in total. The summed E-state index contributed by atoms with van der Waals surface area (Å²) < 4.78 is 36.5. The van der Waals surface area contributed by atoms with Crippen molar-refractivity contribution < 1.29 is 71.5 Å². The number of hydrogen-bond donors (Lipinski definition) is 11. The Balaban J connectivity index is 1.78. The molecule has 0 aromatic heterocycles. The van der Waals surface area contributed by atoms with Crippen molar-refractivity contribution in [3.05, 3.63) is 23.8 Å². The van der Waals surface area contributed by atoms with Gasteiger partial charge in [0.1, 0.15) is 30.2 Å². The highest BCUT2D eigenvalue weighted by atomic mass is 32.3. The molecular weight excluding hydrogens is 853 g/mol. The van der Waals surface area contributed by atoms with E-state index in [-0.39, 0.29) is 102 Å². The third-order valence-corrected chi connectivity index (χ3v) is 11.8. The average Bonchev–Trinajstić information content (AvgIpc) is 3.88. The summed E-state index contributed by atoms with van der Waals surface area (Å²) in [6.07, 6.45) is -3.13. The van der Waals surface area contributed by atoms with Gasteiger partial charge in [0.25, 0.3) is 0 Å². The van der Waals surface area contributed by atoms with Crippen LogP contribution in [0.3, 0.4) is 0 Å². The maximum atomic E-state index is 14.6. The lowest BCUT2D eigenvalue weighted by molar-refractivity contribution is -0.146. The van der Waals surface area contributed by atoms with Gasteiger partial charge >= 0.3 is 10.4 Å². The number of fused-ring (bicyclic) bond motifs is 2. The van der Waals surface area contributed by atoms with Crippen LogP contribution in [0, 0.1) is 5.92 Å². The van der Waals surface area contributed by atoms with Gasteiger partial charge in [-0.1, -0.05) is 19.9 Å². The van der Waals surface area contributed by atoms with E-state index in [1.165, 1.54) is 15.9 Å². The van der Waals surface area contributed by atoms with Crippen molar-refractivity contribution in [3.63, 3.8) is 0 Å². The third kappa shape index (κ3) is 14.2. The summed E-state index contributed by atoms with van der Waals surface area (Å²) in [4.78, 5) is 88.0. The molecule has 1 aromatic carbocycles. The number of amides is 6. The number of phenolic OH excluding ortho intramolecular Hbond substituents is 1. The summed E-state index contributed by atoms with van der Waals surface area (Å²) >= 11 is 0. The first-order valence-electron chi connectivity index (χ1n) is 21.1. The predicted octanol–water partition coefficient (Wildman–Crippen LogP) is -4.16. The van der Waals surface area contributed by atoms with Crippen LogP contribution >= 0.6 is 0 Å². The molecule has 23 nitrogen and oxygen atoms in total. The Kier molecular flexibility index (Phi) is 18.8. The van der Waals surface area contributed by atoms with Crippen LogP contribution in [0.25, 0.3) is 0 Å². The molecule has 3 aliphatic rings. The Bertz CT molecular complexity index is 1890. The first-order chi connectivity index (χ1) is 29.8. The first kappa shape index (κ1) is 50.9. The zero-order chi connectivity index (χ0) is 46.6. The minimum Gasteiger partial charge on any atom is -0.504 e. The Hall–Kier alpha value is -4.69. The minimum absolute atomic E-state index is 0.0289. The number of carbonyl (C=O) groups excluding carboxylic acids is 6. The fraction of sp³-hybridized carbons (Fsp3) is 0.692. The van der Waals surface area contributed by atoms with Crippen molar-refractivity contribution >= 4 is 45.8 Å². The lowest BCUT2D eigenvalue weighted by atomic mass is 9.98. The Morgan fingerprint density at radius 1 is 0.857 bits per heavy atom. The van der Waals surface area contributed by atoms with Crippen LogP contribution in [0.1, 0.15) is 64.4 Å². The maximum absolute atomic E-state index is 14.6. The number of rotatable bonds is 14. The van der Waals surface area contributed by atoms with Gasteiger partial charge in [-0.05, 0) is 68.6 Å². The molecule has 6 amide bonds. The van der Waals surface area contributed by atoms with Gasteiger partial charge in [-0.3, -0.25) is 38.2 Å². The van der Waals surface area contributed by atoms with Gasteiger partial charge in [0.15, 0.2) is 11.5 Å². The van der Waals surface area contributed by atoms with E-state index < -0.39 is 112 Å². The summed E-state index contributed by atoms with van der Waals surface area (Å²) in [5.74, 6) is -6.39. The van der Waals surface area contributed by atoms with Crippen molar-refractivity contribution in [1.29, 1.82) is 0 Å². The van der Waals surface area contributed by atoms with E-state index in [0.717, 1.165) is 12.1 Å². The molecule has 4 rings (SSSR count). The highest BCUT2D eigenvalue weighted by Crippen LogP contribution is 2.29. The molecular formula is C39H62N8O15S. The number of phenols is 1. The normalized spacial score (nSPS) is 27.1. The van der Waals surface area contributed by atoms with Crippen LogP contribution < -0.4 is 31.2 Å². The predicted molar refractivity (Wildman–Crippen MR) is 222 cm³/mol. The Labute approximate surface area is 365 Å². The molecule has 24 heteroatoms. The number of nitrogens with one attached hydrogen (secondary N) is 4. The minimum atomic E-state index is -5.12. The number of aromatic hydroxyl groups is 1. The maximum Gasteiger partial charge on any atom is 0.446 e. The monoisotopic (exact) mass is 914 g/mol. The van der Waals surface area contributed by atoms with Crippen LogP contribution in [0.5, 0.6) is 11.5 Å². The molecule has 0 aliphatic carbocycles. The van der Waals surface area contributed by atoms with Gasteiger partial charge in [-0.2, -0.15) is 8.42 Å². The number of hydrogen-bond acceptors (Lipinski definition) is 16. The highest BCUT2D eigenvalue weighted by molar-refractivity contribution is 7.81. The topological polar surface area (TPSA) is 351 Å². The lowest BCUT2D eigenvalue weighted by Gasteiger charge is -2.34. The van der Waals surface area contributed by atoms with Gasteiger partial charge in [-0.15, -0.1) is 0 Å². The number of nitrogens with zero attached hydrogens (tertiary/aromatic N) is 3. The average molecular weight is 915 g/mol. The van der Waals surface area contributed by atoms with E-state index in [1.807, 2.05) is 0 Å². The van der Waals surface area contributed by atoms with Crippen LogP contribution in [0.4, 0.5) is 0 Å². The molecule has 0 bridgehead atoms. The number of benzene rings is 1. The summed E-state index contributed by atoms with van der Waals surface area (Å²) in [7, 11) is -5.12. The molecule has 63 heavy (non-hydrogen) atoms. The molecule has 3 fully saturated rings. The molecule has 9 atom stereocenters. The zero-order valence-electron chi connectivity index (χ0n) is 35.4. The molecule has 0 spiro atoms. The SMILES string of the molecule is CC[C@@H]1NC(=O)[C@@H](N)CCCNC(=O)[C@@H]2C[C@@H](C)CN2C(=O)[C@H]([C@H](O)CCN(CCO)CCO)NC(=O)[C@H]([C@H](O)Cc2ccc(O)c(OS(=O)(=O)O)c2)NC(=O)[C@@H]2CCCN2C1=O. The van der Waals surface area contributed by atoms with Crippen LogP contribution in [-0.2, 0) is 45.6 Å². The van der Waals surface area contributed by atoms with Gasteiger partial charge in [-0.25, -0.2) is 0 Å². The Morgan fingerprint density at radius 2 is 1.54 bits per heavy atom. The van der Waals surface area contributed by atoms with Crippen LogP contribution in [-0.4, -0.2) is 190 Å². The molecule has 354 valence electrons. The second kappa shape index (κ2) is 23.3. The largest absolute Gasteiger partial charge is 0.504 e. The molecule has 0 unspecified atom stereocenters. The lowest BCUT2D eigenvalue weighted by Crippen LogP contribution is -2.63. The van der Waals surface area contributed by atoms with Crippen LogP contribution in [0.2, 0.25) is 0 Å². The van der Waals surface area contributed by atoms with Crippen LogP contribution in [0.15, 0.2) is 18.2 Å². The summed E-state index contributed by atoms with van der Waals surface area (Å²) in [6, 6.07) is -4.98. The number of aliphatic hydroxyl groups excluding tert-OH is 4. The van der Waals surface area contributed by atoms with Crippen molar-refractivity contribution in [1.82, 2.24) is 36.0 Å². The second-order valence-electron chi connectivity index (χ2n) is 16.2. The van der Waals surface area contributed by atoms with E-state index in [0.29, 0.717) is 6.42 Å². The van der Waals surface area contributed by atoms with Crippen molar-refractivity contribution in [2.24, 2.45) is 11.7 Å². The molecule has 3 saturated heterocycles. The van der Waals surface area contributed by atoms with E-state index in [9.17, 15) is 67.3 Å². The van der Waals surface area contributed by atoms with E-state index in [4.69, 9.17) is 5.73 Å². The Morgan fingerprint density at radius 3 is 2.19 bits per heavy atom. The summed E-state index contributed by atoms with van der Waals surface area (Å²) in [5, 5.41) is 63.0. The molecule has 1 aromatic rings. The van der Waals surface area contributed by atoms with E-state index >= 15 is 0 Å². The van der Waals surface area contributed by atoms with Crippen molar-refractivity contribution in [3.8, 4) is 11.5 Å². The van der Waals surface area contributed by atoms with Gasteiger partial charge in [0.2, 0.25) is 35.4 Å². The number of nitrogens with two attached hydrogens (primary N) is 1. The summed E-state index contributed by atoms with van der Waals surface area (Å²) in [5.41, 5.74) is 6.20. The second-order valence-corrected chi connectivity index (χ2v) is 17.3. The number of carbonyl (C=O) groups is 6. The third-order valence-electron chi connectivity index (χ3n) is 11.4. The molecule has 3 aliphatic heterocycles. The smallest absolute Gasteiger partial charge is 0.446 e. The fourth-order valence-electron chi connectivity index (χ4n) is 8.10. The standard InChI is InChI=1S/C39H62N8O15S/c1-3-25-38(57)46-12-5-7-26(46)36(55)43-32(30(52)19-23-8-9-28(50)31(20-23)62-63(59,60)61)37(56)44-33(29(51)10-13-45(14-16-48)15-17-49)39(58)47-21-22(2)18-27(47)35(54)41-11-4-6-24(40)34(53)42-25/h8-9,20,22,24-27,29-30,32-33,48-52H,3-7,10-19,21,40H2,1-2H3,(H,41,54)(H,42,53)(H,43,55)(H,44,56)(H,59,60,61)/t22-,24+,25+,26+,27+,29-,30-,32+,33+/m1/s1. The van der Waals surface area contributed by atoms with E-state index in [2.05, 4.69) is 25.5 Å². The van der Waals surface area contributed by atoms with Crippen molar-refractivity contribution in [2.45, 2.75) is 114 Å². The highest BCUT2D eigenvalue weighted by Gasteiger charge is 2.45. The zero-order valence-corrected chi connectivity index (χ0v) is 36.2. The van der Waals surface area contributed by atoms with Crippen molar-refractivity contribution in [2.75, 3.05) is 52.5 Å². The van der Waals surface area contributed by atoms with Gasteiger partial charge in [0.05, 0.1) is 31.5 Å². The quantitative estimate of drug-likeness (QED) is 0.0789. The number of aliphatic hydroxyl groups is 4.